The van der Waals surface area contributed by atoms with Crippen molar-refractivity contribution in [2.45, 2.75) is 13.3 Å². The molecule has 0 unspecified atom stereocenters. The Morgan fingerprint density at radius 2 is 2.16 bits per heavy atom. The molecule has 2 rings (SSSR count). The summed E-state index contributed by atoms with van der Waals surface area (Å²) in [6.45, 7) is 7.10. The molecule has 0 atom stereocenters. The molecule has 0 N–H and O–H groups in total. The Morgan fingerprint density at radius 3 is 2.80 bits per heavy atom. The molecule has 1 fully saturated rings. The maximum atomic E-state index is 9.49. The van der Waals surface area contributed by atoms with Crippen LogP contribution in [0.2, 0.25) is 0 Å². The number of ether oxygens (including phenoxy) is 2. The number of nitrogens with zero attached hydrogens (tertiary/aromatic N) is 4. The molecule has 0 saturated carbocycles. The monoisotopic (exact) mass is 408 g/mol. The van der Waals surface area contributed by atoms with Gasteiger partial charge in [-0.1, -0.05) is 0 Å². The molecule has 0 radical (unpaired) electrons. The van der Waals surface area contributed by atoms with Gasteiger partial charge in [0.2, 0.25) is 0 Å². The van der Waals surface area contributed by atoms with Crippen LogP contribution in [0.3, 0.4) is 0 Å². The average Bonchev–Trinajstić information content (AvgIpc) is 2.60. The molecule has 0 aromatic heterocycles. The van der Waals surface area contributed by atoms with Gasteiger partial charge in [0, 0.05) is 39.3 Å². The van der Waals surface area contributed by atoms with E-state index >= 15 is 0 Å². The van der Waals surface area contributed by atoms with Crippen molar-refractivity contribution in [1.82, 2.24) is 9.80 Å². The van der Waals surface area contributed by atoms with Gasteiger partial charge < -0.3 is 14.4 Å². The maximum Gasteiger partial charge on any atom is 0.137 e. The molecular formula is C18H25BrN4O2. The van der Waals surface area contributed by atoms with Crippen molar-refractivity contribution in [2.24, 2.45) is 4.99 Å². The van der Waals surface area contributed by atoms with E-state index < -0.39 is 0 Å². The quantitative estimate of drug-likeness (QED) is 0.394. The molecular weight excluding hydrogens is 384 g/mol. The minimum atomic E-state index is 0.546. The van der Waals surface area contributed by atoms with Crippen LogP contribution in [0.1, 0.15) is 17.5 Å². The lowest BCUT2D eigenvalue weighted by Crippen LogP contribution is -2.37. The van der Waals surface area contributed by atoms with Gasteiger partial charge in [0.15, 0.2) is 0 Å². The zero-order valence-electron chi connectivity index (χ0n) is 15.1. The smallest absolute Gasteiger partial charge is 0.137 e. The zero-order chi connectivity index (χ0) is 18.2. The molecule has 1 heterocycles. The number of morpholine rings is 1. The van der Waals surface area contributed by atoms with Crippen molar-refractivity contribution < 1.29 is 9.47 Å². The molecule has 0 spiro atoms. The first-order valence-electron chi connectivity index (χ1n) is 8.39. The number of rotatable bonds is 7. The van der Waals surface area contributed by atoms with E-state index in [0.717, 1.165) is 55.1 Å². The number of hydrogen-bond donors (Lipinski definition) is 0. The molecule has 1 aromatic carbocycles. The summed E-state index contributed by atoms with van der Waals surface area (Å²) in [4.78, 5) is 8.59. The second kappa shape index (κ2) is 9.76. The number of hydrogen-bond acceptors (Lipinski definition) is 5. The molecule has 0 amide bonds. The van der Waals surface area contributed by atoms with Crippen molar-refractivity contribution in [2.75, 3.05) is 53.6 Å². The Kier molecular flexibility index (Phi) is 7.69. The normalized spacial score (nSPS) is 15.3. The molecule has 0 bridgehead atoms. The highest BCUT2D eigenvalue weighted by molar-refractivity contribution is 9.10. The van der Waals surface area contributed by atoms with E-state index in [0.29, 0.717) is 17.9 Å². The topological polar surface area (TPSA) is 61.1 Å². The van der Waals surface area contributed by atoms with Gasteiger partial charge in [-0.2, -0.15) is 5.26 Å². The maximum absolute atomic E-state index is 9.49. The summed E-state index contributed by atoms with van der Waals surface area (Å²) in [6, 6.07) is 4.08. The summed E-state index contributed by atoms with van der Waals surface area (Å²) in [7, 11) is 3.78. The lowest BCUT2D eigenvalue weighted by atomic mass is 10.1. The fourth-order valence-corrected chi connectivity index (χ4v) is 3.26. The van der Waals surface area contributed by atoms with E-state index in [-0.39, 0.29) is 0 Å². The highest BCUT2D eigenvalue weighted by atomic mass is 79.9. The molecule has 1 aliphatic rings. The summed E-state index contributed by atoms with van der Waals surface area (Å²) < 4.78 is 12.1. The first kappa shape index (κ1) is 19.7. The highest BCUT2D eigenvalue weighted by Gasteiger charge is 2.15. The Balaban J connectivity index is 2.01. The molecule has 1 saturated heterocycles. The molecule has 0 aliphatic carbocycles. The minimum absolute atomic E-state index is 0.546. The van der Waals surface area contributed by atoms with Gasteiger partial charge in [0.25, 0.3) is 0 Å². The van der Waals surface area contributed by atoms with Gasteiger partial charge >= 0.3 is 0 Å². The van der Waals surface area contributed by atoms with E-state index in [1.165, 1.54) is 0 Å². The van der Waals surface area contributed by atoms with Crippen LogP contribution in [0, 0.1) is 18.3 Å². The van der Waals surface area contributed by atoms with Gasteiger partial charge in [0.1, 0.15) is 11.8 Å². The largest absolute Gasteiger partial charge is 0.492 e. The van der Waals surface area contributed by atoms with E-state index in [9.17, 15) is 5.26 Å². The van der Waals surface area contributed by atoms with E-state index in [1.54, 1.807) is 6.34 Å². The van der Waals surface area contributed by atoms with E-state index in [2.05, 4.69) is 31.9 Å². The Labute approximate surface area is 158 Å². The van der Waals surface area contributed by atoms with E-state index in [1.807, 2.05) is 32.0 Å². The van der Waals surface area contributed by atoms with Crippen molar-refractivity contribution in [3.05, 3.63) is 21.7 Å². The Morgan fingerprint density at radius 1 is 1.44 bits per heavy atom. The third kappa shape index (κ3) is 5.70. The first-order valence-corrected chi connectivity index (χ1v) is 9.19. The van der Waals surface area contributed by atoms with E-state index in [4.69, 9.17) is 9.47 Å². The molecule has 136 valence electrons. The second-order valence-electron chi connectivity index (χ2n) is 6.18. The zero-order valence-corrected chi connectivity index (χ0v) is 16.7. The third-order valence-electron chi connectivity index (χ3n) is 3.96. The third-order valence-corrected chi connectivity index (χ3v) is 4.55. The van der Waals surface area contributed by atoms with Crippen LogP contribution >= 0.6 is 15.9 Å². The van der Waals surface area contributed by atoms with Crippen LogP contribution in [-0.4, -0.2) is 69.7 Å². The van der Waals surface area contributed by atoms with Crippen LogP contribution in [0.25, 0.3) is 0 Å². The van der Waals surface area contributed by atoms with Gasteiger partial charge in [0.05, 0.1) is 41.9 Å². The first-order chi connectivity index (χ1) is 12.0. The predicted molar refractivity (Wildman–Crippen MR) is 103 cm³/mol. The molecule has 7 heteroatoms. The lowest BCUT2D eigenvalue weighted by Gasteiger charge is -2.26. The summed E-state index contributed by atoms with van der Waals surface area (Å²) in [5.74, 6) is 0.724. The Hall–Kier alpha value is -1.62. The highest BCUT2D eigenvalue weighted by Crippen LogP contribution is 2.37. The molecule has 1 aromatic rings. The number of halogens is 1. The fraction of sp³-hybridized carbons (Fsp3) is 0.556. The van der Waals surface area contributed by atoms with Crippen LogP contribution in [-0.2, 0) is 4.74 Å². The number of benzene rings is 1. The number of nitriles is 1. The van der Waals surface area contributed by atoms with Gasteiger partial charge in [-0.05, 0) is 35.3 Å². The molecule has 25 heavy (non-hydrogen) atoms. The molecule has 6 nitrogen and oxygen atoms in total. The fourth-order valence-electron chi connectivity index (χ4n) is 2.63. The minimum Gasteiger partial charge on any atom is -0.492 e. The van der Waals surface area contributed by atoms with Gasteiger partial charge in [-0.15, -0.1) is 0 Å². The van der Waals surface area contributed by atoms with Crippen molar-refractivity contribution in [3.63, 3.8) is 0 Å². The van der Waals surface area contributed by atoms with Gasteiger partial charge in [-0.25, -0.2) is 4.99 Å². The lowest BCUT2D eigenvalue weighted by molar-refractivity contribution is 0.0357. The van der Waals surface area contributed by atoms with Gasteiger partial charge in [-0.3, -0.25) is 4.90 Å². The molecule has 1 aliphatic heterocycles. The number of aliphatic imine (C=N–C) groups is 1. The van der Waals surface area contributed by atoms with Crippen LogP contribution in [0.5, 0.6) is 5.75 Å². The summed E-state index contributed by atoms with van der Waals surface area (Å²) in [6.07, 6.45) is 2.62. The summed E-state index contributed by atoms with van der Waals surface area (Å²) in [5.41, 5.74) is 2.00. The second-order valence-corrected chi connectivity index (χ2v) is 7.04. The van der Waals surface area contributed by atoms with Crippen molar-refractivity contribution in [3.8, 4) is 11.8 Å². The average molecular weight is 409 g/mol. The SMILES string of the molecule is Cc1c(C#N)c(/N=C/N(C)C)cc(Br)c1OCCCN1CCOCC1. The van der Waals surface area contributed by atoms with Crippen LogP contribution in [0.15, 0.2) is 15.5 Å². The van der Waals surface area contributed by atoms with Crippen LogP contribution < -0.4 is 4.74 Å². The predicted octanol–water partition coefficient (Wildman–Crippen LogP) is 2.95. The standard InChI is InChI=1S/C18H25BrN4O2/c1-14-15(12-20)17(21-13-22(2)3)11-16(19)18(14)25-8-4-5-23-6-9-24-10-7-23/h11,13H,4-10H2,1-3H3/b21-13+. The summed E-state index contributed by atoms with van der Waals surface area (Å²) in [5, 5.41) is 9.49. The van der Waals surface area contributed by atoms with Crippen LogP contribution in [0.4, 0.5) is 5.69 Å². The summed E-state index contributed by atoms with van der Waals surface area (Å²) >= 11 is 3.55. The Bertz CT molecular complexity index is 649. The van der Waals surface area contributed by atoms with Crippen molar-refractivity contribution in [1.29, 1.82) is 5.26 Å². The van der Waals surface area contributed by atoms with Crippen molar-refractivity contribution >= 4 is 28.0 Å².